The Morgan fingerprint density at radius 3 is 2.68 bits per heavy atom. The summed E-state index contributed by atoms with van der Waals surface area (Å²) in [6, 6.07) is 5.70. The number of halogens is 3. The number of nitrogens with one attached hydrogen (secondary N) is 1. The van der Waals surface area contributed by atoms with Gasteiger partial charge in [-0.2, -0.15) is 18.3 Å². The summed E-state index contributed by atoms with van der Waals surface area (Å²) in [6.07, 6.45) is -3.96. The van der Waals surface area contributed by atoms with E-state index in [-0.39, 0.29) is 16.9 Å². The molecular formula is C18H22F3N3O. The standard InChI is InChI=1S/C18H22F3N3O/c1-10-8-17(2,3)12-6-5-7-13(14(10)12)22-16(25)11-9-24(4)23-15(11)18(19,20)21/h5-7,9-10,16,22,25H,8H2,1-4H3. The molecule has 0 bridgehead atoms. The highest BCUT2D eigenvalue weighted by molar-refractivity contribution is 5.61. The van der Waals surface area contributed by atoms with Crippen LogP contribution < -0.4 is 5.32 Å². The highest BCUT2D eigenvalue weighted by Crippen LogP contribution is 2.48. The number of aromatic nitrogens is 2. The Hall–Kier alpha value is -2.02. The molecule has 1 heterocycles. The first-order valence-electron chi connectivity index (χ1n) is 8.19. The second-order valence-corrected chi connectivity index (χ2v) is 7.41. The van der Waals surface area contributed by atoms with Crippen LogP contribution in [0, 0.1) is 0 Å². The molecular weight excluding hydrogens is 331 g/mol. The molecule has 4 nitrogen and oxygen atoms in total. The van der Waals surface area contributed by atoms with Crippen molar-refractivity contribution >= 4 is 5.69 Å². The summed E-state index contributed by atoms with van der Waals surface area (Å²) in [4.78, 5) is 0. The monoisotopic (exact) mass is 353 g/mol. The molecule has 2 N–H and O–H groups in total. The van der Waals surface area contributed by atoms with E-state index in [9.17, 15) is 18.3 Å². The zero-order valence-electron chi connectivity index (χ0n) is 14.6. The third-order valence-electron chi connectivity index (χ3n) is 4.86. The molecule has 0 saturated carbocycles. The Morgan fingerprint density at radius 1 is 1.36 bits per heavy atom. The smallest absolute Gasteiger partial charge is 0.369 e. The molecule has 0 radical (unpaired) electrons. The Kier molecular flexibility index (Phi) is 4.10. The average molecular weight is 353 g/mol. The van der Waals surface area contributed by atoms with Crippen molar-refractivity contribution in [1.82, 2.24) is 9.78 Å². The average Bonchev–Trinajstić information content (AvgIpc) is 2.98. The molecule has 2 unspecified atom stereocenters. The predicted octanol–water partition coefficient (Wildman–Crippen LogP) is 4.33. The molecule has 2 aromatic rings. The van der Waals surface area contributed by atoms with Gasteiger partial charge in [0.1, 0.15) is 0 Å². The van der Waals surface area contributed by atoms with Gasteiger partial charge in [-0.3, -0.25) is 4.68 Å². The fourth-order valence-corrected chi connectivity index (χ4v) is 3.94. The maximum Gasteiger partial charge on any atom is 0.435 e. The topological polar surface area (TPSA) is 50.1 Å². The first kappa shape index (κ1) is 17.8. The molecule has 1 aliphatic rings. The summed E-state index contributed by atoms with van der Waals surface area (Å²) in [7, 11) is 1.40. The Labute approximate surface area is 144 Å². The molecule has 1 aromatic heterocycles. The van der Waals surface area contributed by atoms with Crippen LogP contribution in [0.15, 0.2) is 24.4 Å². The third kappa shape index (κ3) is 3.13. The maximum atomic E-state index is 13.1. The van der Waals surface area contributed by atoms with E-state index in [1.165, 1.54) is 18.8 Å². The second kappa shape index (κ2) is 5.76. The van der Waals surface area contributed by atoms with Crippen molar-refractivity contribution in [1.29, 1.82) is 0 Å². The van der Waals surface area contributed by atoms with Gasteiger partial charge in [-0.1, -0.05) is 32.9 Å². The van der Waals surface area contributed by atoms with E-state index in [0.29, 0.717) is 5.69 Å². The van der Waals surface area contributed by atoms with Gasteiger partial charge in [-0.05, 0) is 34.9 Å². The van der Waals surface area contributed by atoms with Crippen molar-refractivity contribution in [2.24, 2.45) is 7.05 Å². The molecule has 7 heteroatoms. The van der Waals surface area contributed by atoms with Gasteiger partial charge in [-0.15, -0.1) is 0 Å². The van der Waals surface area contributed by atoms with Crippen molar-refractivity contribution in [3.63, 3.8) is 0 Å². The molecule has 2 atom stereocenters. The van der Waals surface area contributed by atoms with Gasteiger partial charge in [-0.25, -0.2) is 0 Å². The molecule has 0 spiro atoms. The normalized spacial score (nSPS) is 20.4. The summed E-state index contributed by atoms with van der Waals surface area (Å²) in [5, 5.41) is 16.7. The van der Waals surface area contributed by atoms with Crippen molar-refractivity contribution in [3.8, 4) is 0 Å². The zero-order chi connectivity index (χ0) is 18.6. The minimum absolute atomic E-state index is 0.00280. The fourth-order valence-electron chi connectivity index (χ4n) is 3.94. The van der Waals surface area contributed by atoms with Gasteiger partial charge in [0.2, 0.25) is 0 Å². The molecule has 0 amide bonds. The minimum Gasteiger partial charge on any atom is -0.369 e. The zero-order valence-corrected chi connectivity index (χ0v) is 14.6. The lowest BCUT2D eigenvalue weighted by molar-refractivity contribution is -0.142. The summed E-state index contributed by atoms with van der Waals surface area (Å²) in [5.74, 6) is 0.261. The van der Waals surface area contributed by atoms with Crippen LogP contribution >= 0.6 is 0 Å². The SMILES string of the molecule is CC1CC(C)(C)c2cccc(NC(O)c3cn(C)nc3C(F)(F)F)c21. The van der Waals surface area contributed by atoms with Crippen molar-refractivity contribution in [2.45, 2.75) is 50.9 Å². The first-order chi connectivity index (χ1) is 11.5. The van der Waals surface area contributed by atoms with Gasteiger partial charge in [0.05, 0.1) is 5.56 Å². The maximum absolute atomic E-state index is 13.1. The summed E-state index contributed by atoms with van der Waals surface area (Å²) >= 11 is 0. The summed E-state index contributed by atoms with van der Waals surface area (Å²) in [5.41, 5.74) is 1.54. The van der Waals surface area contributed by atoms with Crippen LogP contribution in [0.1, 0.15) is 61.7 Å². The van der Waals surface area contributed by atoms with Gasteiger partial charge in [0.25, 0.3) is 0 Å². The fraction of sp³-hybridized carbons (Fsp3) is 0.500. The summed E-state index contributed by atoms with van der Waals surface area (Å²) < 4.78 is 40.4. The number of nitrogens with zero attached hydrogens (tertiary/aromatic N) is 2. The highest BCUT2D eigenvalue weighted by atomic mass is 19.4. The second-order valence-electron chi connectivity index (χ2n) is 7.41. The van der Waals surface area contributed by atoms with Crippen molar-refractivity contribution in [2.75, 3.05) is 5.32 Å². The van der Waals surface area contributed by atoms with Crippen LogP contribution in [0.4, 0.5) is 18.9 Å². The van der Waals surface area contributed by atoms with E-state index in [4.69, 9.17) is 0 Å². The molecule has 0 saturated heterocycles. The number of alkyl halides is 3. The van der Waals surface area contributed by atoms with E-state index in [1.807, 2.05) is 12.1 Å². The first-order valence-corrected chi connectivity index (χ1v) is 8.19. The largest absolute Gasteiger partial charge is 0.435 e. The number of aliphatic hydroxyl groups excluding tert-OH is 1. The van der Waals surface area contributed by atoms with Crippen LogP contribution in [0.5, 0.6) is 0 Å². The number of rotatable bonds is 3. The van der Waals surface area contributed by atoms with E-state index in [1.54, 1.807) is 6.07 Å². The molecule has 136 valence electrons. The quantitative estimate of drug-likeness (QED) is 0.808. The summed E-state index contributed by atoms with van der Waals surface area (Å²) in [6.45, 7) is 6.40. The molecule has 25 heavy (non-hydrogen) atoms. The number of aliphatic hydroxyl groups is 1. The van der Waals surface area contributed by atoms with Crippen LogP contribution in [-0.4, -0.2) is 14.9 Å². The lowest BCUT2D eigenvalue weighted by atomic mass is 9.86. The van der Waals surface area contributed by atoms with Crippen LogP contribution in [0.25, 0.3) is 0 Å². The Morgan fingerprint density at radius 2 is 2.04 bits per heavy atom. The number of hydrogen-bond acceptors (Lipinski definition) is 3. The molecule has 0 aliphatic heterocycles. The highest BCUT2D eigenvalue weighted by Gasteiger charge is 2.40. The molecule has 0 fully saturated rings. The van der Waals surface area contributed by atoms with Crippen molar-refractivity contribution < 1.29 is 18.3 Å². The van der Waals surface area contributed by atoms with Gasteiger partial charge < -0.3 is 10.4 Å². The number of anilines is 1. The van der Waals surface area contributed by atoms with Crippen LogP contribution in [-0.2, 0) is 18.6 Å². The number of aryl methyl sites for hydroxylation is 1. The van der Waals surface area contributed by atoms with E-state index in [0.717, 1.165) is 16.7 Å². The molecule has 3 rings (SSSR count). The van der Waals surface area contributed by atoms with Crippen molar-refractivity contribution in [3.05, 3.63) is 46.8 Å². The van der Waals surface area contributed by atoms with Gasteiger partial charge >= 0.3 is 6.18 Å². The predicted molar refractivity (Wildman–Crippen MR) is 89.3 cm³/mol. The lowest BCUT2D eigenvalue weighted by Crippen LogP contribution is -2.17. The van der Waals surface area contributed by atoms with E-state index < -0.39 is 18.1 Å². The lowest BCUT2D eigenvalue weighted by Gasteiger charge is -2.21. The van der Waals surface area contributed by atoms with Gasteiger partial charge in [0, 0.05) is 18.9 Å². The third-order valence-corrected chi connectivity index (χ3v) is 4.86. The Bertz CT molecular complexity index is 795. The van der Waals surface area contributed by atoms with Crippen LogP contribution in [0.3, 0.4) is 0 Å². The van der Waals surface area contributed by atoms with E-state index in [2.05, 4.69) is 31.2 Å². The number of hydrogen-bond donors (Lipinski definition) is 2. The number of fused-ring (bicyclic) bond motifs is 1. The minimum atomic E-state index is -4.62. The number of benzene rings is 1. The van der Waals surface area contributed by atoms with Gasteiger partial charge in [0.15, 0.2) is 11.9 Å². The Balaban J connectivity index is 1.97. The molecule has 1 aliphatic carbocycles. The molecule has 1 aromatic carbocycles. The van der Waals surface area contributed by atoms with Crippen LogP contribution in [0.2, 0.25) is 0 Å². The van der Waals surface area contributed by atoms with E-state index >= 15 is 0 Å².